The molecular formula is C9H6N2O3. The average Bonchev–Trinajstić information content (AvgIpc) is 2.16. The van der Waals surface area contributed by atoms with Crippen molar-refractivity contribution in [1.82, 2.24) is 9.97 Å². The lowest BCUT2D eigenvalue weighted by Gasteiger charge is -1.97. The molecule has 0 atom stereocenters. The molecule has 0 aromatic carbocycles. The SMILES string of the molecule is O=C(O)c1cc2ncccc2[nH]c1=O. The molecule has 2 N–H and O–H groups in total. The van der Waals surface area contributed by atoms with Gasteiger partial charge >= 0.3 is 5.97 Å². The Bertz CT molecular complexity index is 559. The molecule has 2 heterocycles. The Hall–Kier alpha value is -2.17. The van der Waals surface area contributed by atoms with Gasteiger partial charge in [-0.15, -0.1) is 0 Å². The number of hydrogen-bond acceptors (Lipinski definition) is 3. The van der Waals surface area contributed by atoms with Gasteiger partial charge in [-0.1, -0.05) is 0 Å². The topological polar surface area (TPSA) is 83.0 Å². The van der Waals surface area contributed by atoms with E-state index in [1.807, 2.05) is 0 Å². The van der Waals surface area contributed by atoms with Crippen LogP contribution in [0, 0.1) is 0 Å². The number of hydrogen-bond donors (Lipinski definition) is 2. The van der Waals surface area contributed by atoms with E-state index in [-0.39, 0.29) is 5.56 Å². The Morgan fingerprint density at radius 2 is 2.29 bits per heavy atom. The van der Waals surface area contributed by atoms with Crippen molar-refractivity contribution >= 4 is 17.0 Å². The molecule has 5 heteroatoms. The van der Waals surface area contributed by atoms with Gasteiger partial charge in [0.1, 0.15) is 5.56 Å². The van der Waals surface area contributed by atoms with Gasteiger partial charge in [-0.25, -0.2) is 4.79 Å². The summed E-state index contributed by atoms with van der Waals surface area (Å²) in [6.07, 6.45) is 1.53. The summed E-state index contributed by atoms with van der Waals surface area (Å²) >= 11 is 0. The Kier molecular flexibility index (Phi) is 1.78. The molecule has 0 aliphatic heterocycles. The lowest BCUT2D eigenvalue weighted by atomic mass is 10.2. The highest BCUT2D eigenvalue weighted by Crippen LogP contribution is 2.06. The molecule has 0 radical (unpaired) electrons. The van der Waals surface area contributed by atoms with Gasteiger partial charge in [0.25, 0.3) is 5.56 Å². The van der Waals surface area contributed by atoms with E-state index in [4.69, 9.17) is 5.11 Å². The summed E-state index contributed by atoms with van der Waals surface area (Å²) < 4.78 is 0. The molecule has 0 spiro atoms. The van der Waals surface area contributed by atoms with Gasteiger partial charge in [-0.05, 0) is 18.2 Å². The summed E-state index contributed by atoms with van der Waals surface area (Å²) in [5.41, 5.74) is 0.0844. The Labute approximate surface area is 78.0 Å². The van der Waals surface area contributed by atoms with Crippen molar-refractivity contribution in [3.63, 3.8) is 0 Å². The number of aromatic amines is 1. The van der Waals surface area contributed by atoms with Crippen molar-refractivity contribution in [1.29, 1.82) is 0 Å². The maximum absolute atomic E-state index is 11.2. The molecule has 0 aliphatic carbocycles. The first-order valence-corrected chi connectivity index (χ1v) is 3.90. The normalized spacial score (nSPS) is 10.3. The van der Waals surface area contributed by atoms with Crippen molar-refractivity contribution in [2.45, 2.75) is 0 Å². The fourth-order valence-electron chi connectivity index (χ4n) is 1.19. The maximum Gasteiger partial charge on any atom is 0.341 e. The number of H-pyrrole nitrogens is 1. The van der Waals surface area contributed by atoms with Crippen molar-refractivity contribution in [3.8, 4) is 0 Å². The minimum atomic E-state index is -1.25. The molecule has 0 saturated heterocycles. The minimum Gasteiger partial charge on any atom is -0.477 e. The van der Waals surface area contributed by atoms with Crippen LogP contribution in [0.2, 0.25) is 0 Å². The molecule has 2 rings (SSSR count). The molecule has 2 aromatic rings. The molecule has 0 fully saturated rings. The number of aromatic carboxylic acids is 1. The average molecular weight is 190 g/mol. The van der Waals surface area contributed by atoms with E-state index >= 15 is 0 Å². The molecule has 0 amide bonds. The molecule has 70 valence electrons. The molecule has 2 aromatic heterocycles. The van der Waals surface area contributed by atoms with Gasteiger partial charge in [0.2, 0.25) is 0 Å². The zero-order valence-corrected chi connectivity index (χ0v) is 7.02. The number of pyridine rings is 2. The first-order valence-electron chi connectivity index (χ1n) is 3.90. The predicted molar refractivity (Wildman–Crippen MR) is 49.3 cm³/mol. The quantitative estimate of drug-likeness (QED) is 0.690. The standard InChI is InChI=1S/C9H6N2O3/c12-8-5(9(13)14)4-7-6(11-8)2-1-3-10-7/h1-4H,(H,11,12)(H,13,14). The summed E-state index contributed by atoms with van der Waals surface area (Å²) in [4.78, 5) is 28.2. The van der Waals surface area contributed by atoms with Crippen LogP contribution in [-0.4, -0.2) is 21.0 Å². The second-order valence-electron chi connectivity index (χ2n) is 2.75. The Balaban J connectivity index is 2.84. The van der Waals surface area contributed by atoms with E-state index in [0.717, 1.165) is 0 Å². The highest BCUT2D eigenvalue weighted by atomic mass is 16.4. The van der Waals surface area contributed by atoms with Gasteiger partial charge in [-0.2, -0.15) is 0 Å². The van der Waals surface area contributed by atoms with Crippen LogP contribution in [-0.2, 0) is 0 Å². The zero-order chi connectivity index (χ0) is 10.1. The van der Waals surface area contributed by atoms with Crippen molar-refractivity contribution in [2.24, 2.45) is 0 Å². The largest absolute Gasteiger partial charge is 0.477 e. The van der Waals surface area contributed by atoms with Crippen molar-refractivity contribution < 1.29 is 9.90 Å². The van der Waals surface area contributed by atoms with E-state index in [1.54, 1.807) is 12.1 Å². The van der Waals surface area contributed by atoms with Crippen LogP contribution in [0.1, 0.15) is 10.4 Å². The fraction of sp³-hybridized carbons (Fsp3) is 0. The summed E-state index contributed by atoms with van der Waals surface area (Å²) in [6, 6.07) is 4.59. The van der Waals surface area contributed by atoms with E-state index < -0.39 is 11.5 Å². The molecule has 14 heavy (non-hydrogen) atoms. The smallest absolute Gasteiger partial charge is 0.341 e. The zero-order valence-electron chi connectivity index (χ0n) is 7.02. The van der Waals surface area contributed by atoms with Crippen LogP contribution in [0.5, 0.6) is 0 Å². The van der Waals surface area contributed by atoms with E-state index in [9.17, 15) is 9.59 Å². The van der Waals surface area contributed by atoms with Gasteiger partial charge in [0.15, 0.2) is 0 Å². The lowest BCUT2D eigenvalue weighted by molar-refractivity contribution is 0.0695. The number of nitrogens with one attached hydrogen (secondary N) is 1. The third-order valence-corrected chi connectivity index (χ3v) is 1.84. The Morgan fingerprint density at radius 3 is 3.00 bits per heavy atom. The number of carbonyl (C=O) groups is 1. The highest BCUT2D eigenvalue weighted by molar-refractivity contribution is 5.91. The van der Waals surface area contributed by atoms with Gasteiger partial charge in [-0.3, -0.25) is 9.78 Å². The van der Waals surface area contributed by atoms with Crippen LogP contribution in [0.25, 0.3) is 11.0 Å². The maximum atomic E-state index is 11.2. The minimum absolute atomic E-state index is 0.295. The number of rotatable bonds is 1. The third-order valence-electron chi connectivity index (χ3n) is 1.84. The van der Waals surface area contributed by atoms with Crippen molar-refractivity contribution in [3.05, 3.63) is 40.3 Å². The highest BCUT2D eigenvalue weighted by Gasteiger charge is 2.09. The summed E-state index contributed by atoms with van der Waals surface area (Å²) in [5.74, 6) is -1.25. The van der Waals surface area contributed by atoms with Crippen LogP contribution < -0.4 is 5.56 Å². The lowest BCUT2D eigenvalue weighted by Crippen LogP contribution is -2.17. The third kappa shape index (κ3) is 1.24. The van der Waals surface area contributed by atoms with Gasteiger partial charge in [0.05, 0.1) is 11.0 Å². The fourth-order valence-corrected chi connectivity index (χ4v) is 1.19. The summed E-state index contributed by atoms with van der Waals surface area (Å²) in [6.45, 7) is 0. The molecule has 0 bridgehead atoms. The molecule has 0 saturated carbocycles. The predicted octanol–water partition coefficient (Wildman–Crippen LogP) is 0.621. The number of nitrogens with zero attached hydrogens (tertiary/aromatic N) is 1. The molecule has 0 aliphatic rings. The van der Waals surface area contributed by atoms with Crippen LogP contribution in [0.3, 0.4) is 0 Å². The molecule has 5 nitrogen and oxygen atoms in total. The number of fused-ring (bicyclic) bond motifs is 1. The molecular weight excluding hydrogens is 184 g/mol. The summed E-state index contributed by atoms with van der Waals surface area (Å²) in [5, 5.41) is 8.68. The number of aromatic nitrogens is 2. The first kappa shape index (κ1) is 8.43. The number of carboxylic acids is 1. The second-order valence-corrected chi connectivity index (χ2v) is 2.75. The van der Waals surface area contributed by atoms with E-state index in [0.29, 0.717) is 11.0 Å². The van der Waals surface area contributed by atoms with Crippen LogP contribution >= 0.6 is 0 Å². The van der Waals surface area contributed by atoms with Crippen LogP contribution in [0.15, 0.2) is 29.2 Å². The Morgan fingerprint density at radius 1 is 1.50 bits per heavy atom. The van der Waals surface area contributed by atoms with E-state index in [2.05, 4.69) is 9.97 Å². The first-order chi connectivity index (χ1) is 6.68. The van der Waals surface area contributed by atoms with Gasteiger partial charge in [0, 0.05) is 6.20 Å². The number of carboxylic acid groups (broad SMARTS) is 1. The van der Waals surface area contributed by atoms with E-state index in [1.165, 1.54) is 12.3 Å². The van der Waals surface area contributed by atoms with Crippen LogP contribution in [0.4, 0.5) is 0 Å². The monoisotopic (exact) mass is 190 g/mol. The molecule has 0 unspecified atom stereocenters. The second kappa shape index (κ2) is 2.95. The van der Waals surface area contributed by atoms with Gasteiger partial charge < -0.3 is 10.1 Å². The van der Waals surface area contributed by atoms with Crippen molar-refractivity contribution in [2.75, 3.05) is 0 Å². The summed E-state index contributed by atoms with van der Waals surface area (Å²) in [7, 11) is 0.